The first kappa shape index (κ1) is 11.0. The molecule has 1 aliphatic heterocycles. The Morgan fingerprint density at radius 1 is 1.38 bits per heavy atom. The molecule has 16 heavy (non-hydrogen) atoms. The smallest absolute Gasteiger partial charge is 0.320 e. The monoisotopic (exact) mass is 219 g/mol. The van der Waals surface area contributed by atoms with Crippen LogP contribution in [0.2, 0.25) is 0 Å². The van der Waals surface area contributed by atoms with Gasteiger partial charge in [-0.3, -0.25) is 0 Å². The molecule has 0 radical (unpaired) electrons. The molecule has 1 aliphatic rings. The van der Waals surface area contributed by atoms with Gasteiger partial charge in [0.25, 0.3) is 0 Å². The summed E-state index contributed by atoms with van der Waals surface area (Å²) < 4.78 is 0. The summed E-state index contributed by atoms with van der Waals surface area (Å²) in [6.45, 7) is 1.91. The topological polar surface area (TPSA) is 49.6 Å². The van der Waals surface area contributed by atoms with Crippen molar-refractivity contribution in [3.05, 3.63) is 35.9 Å². The number of nitrogens with zero attached hydrogens (tertiary/aromatic N) is 2. The second kappa shape index (κ2) is 4.53. The second-order valence-electron chi connectivity index (χ2n) is 4.15. The van der Waals surface area contributed by atoms with Gasteiger partial charge in [-0.1, -0.05) is 30.3 Å². The van der Waals surface area contributed by atoms with Crippen molar-refractivity contribution in [1.29, 1.82) is 0 Å². The van der Waals surface area contributed by atoms with Crippen LogP contribution in [0.4, 0.5) is 4.79 Å². The maximum absolute atomic E-state index is 11.9. The molecule has 1 unspecified atom stereocenters. The molecule has 1 atom stereocenters. The number of rotatable bonds is 3. The molecule has 2 N–H and O–H groups in total. The summed E-state index contributed by atoms with van der Waals surface area (Å²) in [5, 5.41) is 0. The van der Waals surface area contributed by atoms with Gasteiger partial charge in [0.15, 0.2) is 0 Å². The minimum Gasteiger partial charge on any atom is -0.328 e. The van der Waals surface area contributed by atoms with Crippen LogP contribution in [-0.2, 0) is 6.54 Å². The van der Waals surface area contributed by atoms with Gasteiger partial charge >= 0.3 is 6.03 Å². The SMILES string of the molecule is CN1C(=O)N(Cc2ccccc2)CC1CN. The van der Waals surface area contributed by atoms with Crippen molar-refractivity contribution >= 4 is 6.03 Å². The van der Waals surface area contributed by atoms with E-state index >= 15 is 0 Å². The summed E-state index contributed by atoms with van der Waals surface area (Å²) in [5.41, 5.74) is 6.78. The molecule has 1 heterocycles. The maximum Gasteiger partial charge on any atom is 0.320 e. The highest BCUT2D eigenvalue weighted by Crippen LogP contribution is 2.16. The van der Waals surface area contributed by atoms with E-state index in [4.69, 9.17) is 5.73 Å². The van der Waals surface area contributed by atoms with Crippen molar-refractivity contribution in [2.75, 3.05) is 20.1 Å². The molecule has 1 saturated heterocycles. The zero-order valence-electron chi connectivity index (χ0n) is 9.47. The molecule has 0 bridgehead atoms. The lowest BCUT2D eigenvalue weighted by Crippen LogP contribution is -2.35. The van der Waals surface area contributed by atoms with Crippen LogP contribution in [-0.4, -0.2) is 42.0 Å². The molecule has 2 rings (SSSR count). The van der Waals surface area contributed by atoms with E-state index in [1.807, 2.05) is 42.3 Å². The van der Waals surface area contributed by atoms with Crippen LogP contribution in [0.1, 0.15) is 5.56 Å². The summed E-state index contributed by atoms with van der Waals surface area (Å²) in [7, 11) is 1.81. The minimum absolute atomic E-state index is 0.0688. The van der Waals surface area contributed by atoms with Gasteiger partial charge in [0.05, 0.1) is 6.04 Å². The number of carbonyl (C=O) groups excluding carboxylic acids is 1. The number of likely N-dealkylation sites (N-methyl/N-ethyl adjacent to an activating group) is 1. The number of hydrogen-bond acceptors (Lipinski definition) is 2. The van der Waals surface area contributed by atoms with Crippen LogP contribution in [0.15, 0.2) is 30.3 Å². The van der Waals surface area contributed by atoms with Crippen molar-refractivity contribution in [2.45, 2.75) is 12.6 Å². The fourth-order valence-corrected chi connectivity index (χ4v) is 2.00. The summed E-state index contributed by atoms with van der Waals surface area (Å²) in [6.07, 6.45) is 0. The number of benzene rings is 1. The molecule has 2 amide bonds. The molecule has 0 spiro atoms. The van der Waals surface area contributed by atoms with Gasteiger partial charge in [0, 0.05) is 26.7 Å². The van der Waals surface area contributed by atoms with Gasteiger partial charge in [0.2, 0.25) is 0 Å². The zero-order valence-corrected chi connectivity index (χ0v) is 9.47. The van der Waals surface area contributed by atoms with Crippen molar-refractivity contribution in [1.82, 2.24) is 9.80 Å². The van der Waals surface area contributed by atoms with E-state index in [-0.39, 0.29) is 12.1 Å². The first-order chi connectivity index (χ1) is 7.72. The summed E-state index contributed by atoms with van der Waals surface area (Å²) >= 11 is 0. The number of urea groups is 1. The average molecular weight is 219 g/mol. The first-order valence-corrected chi connectivity index (χ1v) is 5.48. The molecule has 0 aromatic heterocycles. The quantitative estimate of drug-likeness (QED) is 0.820. The van der Waals surface area contributed by atoms with Crippen molar-refractivity contribution in [2.24, 2.45) is 5.73 Å². The van der Waals surface area contributed by atoms with E-state index in [2.05, 4.69) is 0 Å². The molecule has 4 heteroatoms. The van der Waals surface area contributed by atoms with Crippen LogP contribution >= 0.6 is 0 Å². The largest absolute Gasteiger partial charge is 0.328 e. The second-order valence-corrected chi connectivity index (χ2v) is 4.15. The number of hydrogen-bond donors (Lipinski definition) is 1. The Morgan fingerprint density at radius 2 is 2.06 bits per heavy atom. The molecule has 1 aromatic carbocycles. The fraction of sp³-hybridized carbons (Fsp3) is 0.417. The van der Waals surface area contributed by atoms with Crippen LogP contribution in [0.25, 0.3) is 0 Å². The third-order valence-electron chi connectivity index (χ3n) is 3.04. The van der Waals surface area contributed by atoms with Crippen molar-refractivity contribution in [3.8, 4) is 0 Å². The van der Waals surface area contributed by atoms with Crippen molar-refractivity contribution in [3.63, 3.8) is 0 Å². The van der Waals surface area contributed by atoms with Crippen LogP contribution in [0.3, 0.4) is 0 Å². The van der Waals surface area contributed by atoms with E-state index in [1.165, 1.54) is 0 Å². The van der Waals surface area contributed by atoms with Gasteiger partial charge in [-0.2, -0.15) is 0 Å². The Labute approximate surface area is 95.6 Å². The van der Waals surface area contributed by atoms with Gasteiger partial charge in [-0.25, -0.2) is 4.79 Å². The van der Waals surface area contributed by atoms with Gasteiger partial charge in [0.1, 0.15) is 0 Å². The van der Waals surface area contributed by atoms with Gasteiger partial charge in [-0.15, -0.1) is 0 Å². The predicted octanol–water partition coefficient (Wildman–Crippen LogP) is 0.881. The lowest BCUT2D eigenvalue weighted by atomic mass is 10.2. The fourth-order valence-electron chi connectivity index (χ4n) is 2.00. The van der Waals surface area contributed by atoms with E-state index < -0.39 is 0 Å². The summed E-state index contributed by atoms with van der Waals surface area (Å²) in [6, 6.07) is 10.2. The zero-order chi connectivity index (χ0) is 11.5. The van der Waals surface area contributed by atoms with Gasteiger partial charge in [-0.05, 0) is 5.56 Å². The average Bonchev–Trinajstić information content (AvgIpc) is 2.58. The normalized spacial score (nSPS) is 20.6. The highest BCUT2D eigenvalue weighted by atomic mass is 16.2. The lowest BCUT2D eigenvalue weighted by Gasteiger charge is -2.16. The molecule has 0 aliphatic carbocycles. The van der Waals surface area contributed by atoms with E-state index in [0.29, 0.717) is 13.1 Å². The third kappa shape index (κ3) is 2.02. The van der Waals surface area contributed by atoms with E-state index in [9.17, 15) is 4.79 Å². The molecule has 1 aromatic rings. The highest BCUT2D eigenvalue weighted by Gasteiger charge is 2.33. The number of nitrogens with two attached hydrogens (primary N) is 1. The minimum atomic E-state index is 0.0688. The highest BCUT2D eigenvalue weighted by molar-refractivity contribution is 5.76. The van der Waals surface area contributed by atoms with Crippen LogP contribution in [0.5, 0.6) is 0 Å². The first-order valence-electron chi connectivity index (χ1n) is 5.48. The molecule has 0 saturated carbocycles. The molecule has 86 valence electrons. The van der Waals surface area contributed by atoms with Crippen LogP contribution < -0.4 is 5.73 Å². The van der Waals surface area contributed by atoms with Gasteiger partial charge < -0.3 is 15.5 Å². The van der Waals surface area contributed by atoms with Crippen LogP contribution in [0, 0.1) is 0 Å². The Kier molecular flexibility index (Phi) is 3.10. The Bertz CT molecular complexity index is 366. The Balaban J connectivity index is 2.04. The summed E-state index contributed by atoms with van der Waals surface area (Å²) in [4.78, 5) is 15.4. The van der Waals surface area contributed by atoms with Crippen molar-refractivity contribution < 1.29 is 4.79 Å². The number of amides is 2. The molecular weight excluding hydrogens is 202 g/mol. The maximum atomic E-state index is 11.9. The number of carbonyl (C=O) groups is 1. The Morgan fingerprint density at radius 3 is 2.62 bits per heavy atom. The van der Waals surface area contributed by atoms with E-state index in [1.54, 1.807) is 4.90 Å². The lowest BCUT2D eigenvalue weighted by molar-refractivity contribution is 0.194. The molecule has 1 fully saturated rings. The summed E-state index contributed by atoms with van der Waals surface area (Å²) in [5.74, 6) is 0. The van der Waals surface area contributed by atoms with E-state index in [0.717, 1.165) is 12.1 Å². The Hall–Kier alpha value is -1.55. The standard InChI is InChI=1S/C12H17N3O/c1-14-11(7-13)9-15(12(14)16)8-10-5-3-2-4-6-10/h2-6,11H,7-9,13H2,1H3. The predicted molar refractivity (Wildman–Crippen MR) is 62.9 cm³/mol. The molecule has 4 nitrogen and oxygen atoms in total. The third-order valence-corrected chi connectivity index (χ3v) is 3.04. The molecular formula is C12H17N3O.